The fraction of sp³-hybridized carbons (Fsp3) is 0.185. The van der Waals surface area contributed by atoms with Crippen LogP contribution in [-0.2, 0) is 5.54 Å². The zero-order chi connectivity index (χ0) is 21.6. The minimum Gasteiger partial charge on any atom is -0.390 e. The van der Waals surface area contributed by atoms with Crippen LogP contribution in [0.5, 0.6) is 0 Å². The first-order valence-corrected chi connectivity index (χ1v) is 10.5. The molecule has 0 saturated heterocycles. The highest BCUT2D eigenvalue weighted by Crippen LogP contribution is 2.45. The molecule has 0 aliphatic heterocycles. The van der Waals surface area contributed by atoms with Crippen molar-refractivity contribution in [3.63, 3.8) is 0 Å². The van der Waals surface area contributed by atoms with Crippen molar-refractivity contribution in [1.82, 2.24) is 4.98 Å². The van der Waals surface area contributed by atoms with Crippen molar-refractivity contribution in [2.24, 2.45) is 0 Å². The SMILES string of the molecule is CC1(O)CC([NH3+])(c2ccc(-c3cc4ccnc(C#N)c4cc3-c3ccccc3)cc2)C1. The van der Waals surface area contributed by atoms with Crippen LogP contribution in [0.3, 0.4) is 0 Å². The monoisotopic (exact) mass is 406 g/mol. The Balaban J connectivity index is 1.65. The van der Waals surface area contributed by atoms with E-state index in [4.69, 9.17) is 0 Å². The molecule has 1 aromatic heterocycles. The summed E-state index contributed by atoms with van der Waals surface area (Å²) in [5, 5.41) is 21.6. The molecule has 4 aromatic rings. The predicted octanol–water partition coefficient (Wildman–Crippen LogP) is 4.42. The van der Waals surface area contributed by atoms with Crippen LogP contribution in [0.4, 0.5) is 0 Å². The number of aromatic nitrogens is 1. The summed E-state index contributed by atoms with van der Waals surface area (Å²) in [6, 6.07) is 27.1. The number of aliphatic hydroxyl groups is 1. The summed E-state index contributed by atoms with van der Waals surface area (Å²) < 4.78 is 0. The van der Waals surface area contributed by atoms with Gasteiger partial charge >= 0.3 is 0 Å². The average molecular weight is 407 g/mol. The number of hydrogen-bond donors (Lipinski definition) is 2. The van der Waals surface area contributed by atoms with Crippen LogP contribution in [0.1, 0.15) is 31.0 Å². The molecule has 1 heterocycles. The summed E-state index contributed by atoms with van der Waals surface area (Å²) in [6.45, 7) is 1.87. The van der Waals surface area contributed by atoms with Gasteiger partial charge < -0.3 is 10.8 Å². The van der Waals surface area contributed by atoms with Crippen LogP contribution < -0.4 is 5.73 Å². The molecule has 1 aliphatic carbocycles. The van der Waals surface area contributed by atoms with Crippen molar-refractivity contribution in [1.29, 1.82) is 5.26 Å². The normalized spacial score (nSPS) is 22.6. The zero-order valence-corrected chi connectivity index (χ0v) is 17.5. The van der Waals surface area contributed by atoms with E-state index >= 15 is 0 Å². The Bertz CT molecular complexity index is 1310. The molecule has 0 spiro atoms. The summed E-state index contributed by atoms with van der Waals surface area (Å²) in [6.07, 6.45) is 3.04. The Hall–Kier alpha value is -3.52. The van der Waals surface area contributed by atoms with Gasteiger partial charge in [0.25, 0.3) is 0 Å². The van der Waals surface area contributed by atoms with E-state index < -0.39 is 5.60 Å². The van der Waals surface area contributed by atoms with E-state index in [2.05, 4.69) is 65.3 Å². The number of quaternary nitrogens is 1. The second-order valence-corrected chi connectivity index (χ2v) is 8.96. The fourth-order valence-corrected chi connectivity index (χ4v) is 5.02. The highest BCUT2D eigenvalue weighted by Gasteiger charge is 2.53. The molecular weight excluding hydrogens is 382 g/mol. The lowest BCUT2D eigenvalue weighted by atomic mass is 9.63. The average Bonchev–Trinajstić information content (AvgIpc) is 2.77. The maximum atomic E-state index is 10.2. The van der Waals surface area contributed by atoms with Gasteiger partial charge in [-0.05, 0) is 52.8 Å². The Morgan fingerprint density at radius 1 is 0.935 bits per heavy atom. The summed E-state index contributed by atoms with van der Waals surface area (Å²) in [7, 11) is 0. The van der Waals surface area contributed by atoms with E-state index in [0.717, 1.165) is 38.6 Å². The first-order chi connectivity index (χ1) is 14.9. The Labute approximate surface area is 181 Å². The molecule has 4 N–H and O–H groups in total. The van der Waals surface area contributed by atoms with Gasteiger partial charge in [0.15, 0.2) is 0 Å². The van der Waals surface area contributed by atoms with Gasteiger partial charge in [-0.1, -0.05) is 54.6 Å². The van der Waals surface area contributed by atoms with Crippen LogP contribution in [0.15, 0.2) is 79.0 Å². The van der Waals surface area contributed by atoms with Crippen molar-refractivity contribution >= 4 is 10.8 Å². The number of nitriles is 1. The lowest BCUT2D eigenvalue weighted by Crippen LogP contribution is -2.79. The molecule has 5 rings (SSSR count). The predicted molar refractivity (Wildman–Crippen MR) is 122 cm³/mol. The molecule has 4 heteroatoms. The summed E-state index contributed by atoms with van der Waals surface area (Å²) >= 11 is 0. The zero-order valence-electron chi connectivity index (χ0n) is 17.5. The molecule has 0 amide bonds. The van der Waals surface area contributed by atoms with E-state index in [1.165, 1.54) is 0 Å². The van der Waals surface area contributed by atoms with E-state index in [9.17, 15) is 10.4 Å². The molecule has 0 radical (unpaired) electrons. The van der Waals surface area contributed by atoms with E-state index in [-0.39, 0.29) is 5.54 Å². The second-order valence-electron chi connectivity index (χ2n) is 8.96. The number of nitrogens with zero attached hydrogens (tertiary/aromatic N) is 2. The van der Waals surface area contributed by atoms with Gasteiger partial charge in [-0.25, -0.2) is 4.98 Å². The first kappa shape index (κ1) is 19.4. The number of pyridine rings is 1. The Morgan fingerprint density at radius 3 is 2.23 bits per heavy atom. The minimum absolute atomic E-state index is 0.221. The van der Waals surface area contributed by atoms with Gasteiger partial charge in [-0.3, -0.25) is 0 Å². The maximum absolute atomic E-state index is 10.2. The largest absolute Gasteiger partial charge is 0.390 e. The maximum Gasteiger partial charge on any atom is 0.148 e. The van der Waals surface area contributed by atoms with Gasteiger partial charge in [0.1, 0.15) is 17.3 Å². The third-order valence-electron chi connectivity index (χ3n) is 6.34. The van der Waals surface area contributed by atoms with Crippen LogP contribution in [0, 0.1) is 11.3 Å². The molecule has 4 nitrogen and oxygen atoms in total. The lowest BCUT2D eigenvalue weighted by Gasteiger charge is -2.46. The van der Waals surface area contributed by atoms with E-state index in [1.807, 2.05) is 31.2 Å². The van der Waals surface area contributed by atoms with Crippen LogP contribution >= 0.6 is 0 Å². The third-order valence-corrected chi connectivity index (χ3v) is 6.34. The van der Waals surface area contributed by atoms with Crippen molar-refractivity contribution in [2.75, 3.05) is 0 Å². The molecule has 0 bridgehead atoms. The topological polar surface area (TPSA) is 84.6 Å². The number of benzene rings is 3. The summed E-state index contributed by atoms with van der Waals surface area (Å²) in [5.41, 5.74) is 9.51. The summed E-state index contributed by atoms with van der Waals surface area (Å²) in [4.78, 5) is 4.24. The molecule has 1 fully saturated rings. The van der Waals surface area contributed by atoms with Gasteiger partial charge in [-0.2, -0.15) is 5.26 Å². The number of hydrogen-bond acceptors (Lipinski definition) is 3. The third kappa shape index (κ3) is 3.38. The van der Waals surface area contributed by atoms with Gasteiger partial charge in [-0.15, -0.1) is 0 Å². The minimum atomic E-state index is -0.619. The van der Waals surface area contributed by atoms with E-state index in [0.29, 0.717) is 18.5 Å². The van der Waals surface area contributed by atoms with Crippen LogP contribution in [0.2, 0.25) is 0 Å². The highest BCUT2D eigenvalue weighted by atomic mass is 16.3. The van der Waals surface area contributed by atoms with Gasteiger partial charge in [0.05, 0.1) is 5.60 Å². The fourth-order valence-electron chi connectivity index (χ4n) is 5.02. The van der Waals surface area contributed by atoms with Crippen LogP contribution in [0.25, 0.3) is 33.0 Å². The Morgan fingerprint density at radius 2 is 1.58 bits per heavy atom. The standard InChI is InChI=1S/C27H23N3O/c1-26(31)16-27(29,17-26)21-9-7-19(8-10-21)22-13-20-11-12-30-25(15-28)24(20)14-23(22)18-5-3-2-4-6-18/h2-14,31H,16-17,29H2,1H3/p+1. The van der Waals surface area contributed by atoms with Crippen LogP contribution in [-0.4, -0.2) is 15.7 Å². The van der Waals surface area contributed by atoms with Gasteiger partial charge in [0, 0.05) is 30.0 Å². The summed E-state index contributed by atoms with van der Waals surface area (Å²) in [5.74, 6) is 0. The second kappa shape index (κ2) is 7.02. The number of fused-ring (bicyclic) bond motifs is 1. The smallest absolute Gasteiger partial charge is 0.148 e. The first-order valence-electron chi connectivity index (χ1n) is 10.5. The quantitative estimate of drug-likeness (QED) is 0.528. The molecule has 31 heavy (non-hydrogen) atoms. The Kier molecular flexibility index (Phi) is 4.40. The van der Waals surface area contributed by atoms with Crippen molar-refractivity contribution in [3.8, 4) is 28.3 Å². The molecule has 0 atom stereocenters. The molecule has 152 valence electrons. The molecule has 3 aromatic carbocycles. The molecule has 1 aliphatic rings. The molecule has 0 unspecified atom stereocenters. The van der Waals surface area contributed by atoms with Crippen molar-refractivity contribution in [3.05, 3.63) is 90.3 Å². The van der Waals surface area contributed by atoms with Crippen molar-refractivity contribution in [2.45, 2.75) is 30.9 Å². The van der Waals surface area contributed by atoms with E-state index in [1.54, 1.807) is 6.20 Å². The molecule has 1 saturated carbocycles. The van der Waals surface area contributed by atoms with Gasteiger partial charge in [0.2, 0.25) is 0 Å². The number of rotatable bonds is 3. The highest BCUT2D eigenvalue weighted by molar-refractivity contribution is 5.98. The lowest BCUT2D eigenvalue weighted by molar-refractivity contribution is -0.528. The van der Waals surface area contributed by atoms with Crippen molar-refractivity contribution < 1.29 is 10.8 Å². The molecular formula is C27H24N3O+.